The van der Waals surface area contributed by atoms with Crippen LogP contribution in [0, 0.1) is 19.7 Å². The van der Waals surface area contributed by atoms with E-state index in [9.17, 15) is 14.0 Å². The smallest absolute Gasteiger partial charge is 0.254 e. The highest BCUT2D eigenvalue weighted by atomic mass is 19.1. The summed E-state index contributed by atoms with van der Waals surface area (Å²) in [5, 5.41) is 6.84. The van der Waals surface area contributed by atoms with Crippen LogP contribution in [-0.4, -0.2) is 66.7 Å². The number of carbonyl (C=O) groups is 2. The Bertz CT molecular complexity index is 1560. The molecule has 2 amide bonds. The monoisotopic (exact) mass is 585 g/mol. The van der Waals surface area contributed by atoms with Crippen LogP contribution in [0.25, 0.3) is 11.1 Å². The number of carbonyl (C=O) groups excluding carboxylic acids is 2. The molecule has 9 nitrogen and oxygen atoms in total. The second-order valence-electron chi connectivity index (χ2n) is 11.0. The number of amides is 2. The highest BCUT2D eigenvalue weighted by molar-refractivity contribution is 6.07. The number of hydrogen-bond acceptors (Lipinski definition) is 7. The first-order valence-corrected chi connectivity index (χ1v) is 14.4. The van der Waals surface area contributed by atoms with Crippen LogP contribution in [0.4, 0.5) is 10.1 Å². The minimum atomic E-state index is -0.569. The van der Waals surface area contributed by atoms with Crippen LogP contribution >= 0.6 is 0 Å². The topological polar surface area (TPSA) is 101 Å². The number of aryl methyl sites for hydroxylation is 2. The van der Waals surface area contributed by atoms with Gasteiger partial charge in [0.2, 0.25) is 5.88 Å². The Kier molecular flexibility index (Phi) is 9.04. The first-order valence-electron chi connectivity index (χ1n) is 14.4. The van der Waals surface area contributed by atoms with Gasteiger partial charge in [0.15, 0.2) is 0 Å². The van der Waals surface area contributed by atoms with Gasteiger partial charge >= 0.3 is 0 Å². The van der Waals surface area contributed by atoms with Crippen molar-refractivity contribution >= 4 is 17.5 Å². The molecular formula is C33H36FN5O4. The largest absolute Gasteiger partial charge is 0.474 e. The van der Waals surface area contributed by atoms with E-state index in [0.29, 0.717) is 44.8 Å². The predicted molar refractivity (Wildman–Crippen MR) is 162 cm³/mol. The summed E-state index contributed by atoms with van der Waals surface area (Å²) in [7, 11) is 3.95. The van der Waals surface area contributed by atoms with Crippen LogP contribution < -0.4 is 15.0 Å². The summed E-state index contributed by atoms with van der Waals surface area (Å²) in [6.07, 6.45) is 3.46. The van der Waals surface area contributed by atoms with Gasteiger partial charge in [0.05, 0.1) is 16.8 Å². The molecule has 1 aliphatic rings. The van der Waals surface area contributed by atoms with Crippen molar-refractivity contribution in [1.29, 1.82) is 0 Å². The summed E-state index contributed by atoms with van der Waals surface area (Å²) in [5.74, 6) is -0.105. The number of pyridine rings is 1. The van der Waals surface area contributed by atoms with Crippen molar-refractivity contribution in [3.05, 3.63) is 94.8 Å². The van der Waals surface area contributed by atoms with Crippen molar-refractivity contribution < 1.29 is 23.2 Å². The lowest BCUT2D eigenvalue weighted by Gasteiger charge is -2.32. The van der Waals surface area contributed by atoms with E-state index in [4.69, 9.17) is 9.26 Å². The zero-order valence-corrected chi connectivity index (χ0v) is 24.9. The van der Waals surface area contributed by atoms with Crippen LogP contribution in [-0.2, 0) is 6.42 Å². The van der Waals surface area contributed by atoms with E-state index >= 15 is 0 Å². The fourth-order valence-corrected chi connectivity index (χ4v) is 5.28. The number of halogens is 1. The molecule has 0 bridgehead atoms. The van der Waals surface area contributed by atoms with Gasteiger partial charge in [0.25, 0.3) is 11.8 Å². The molecule has 2 aromatic heterocycles. The van der Waals surface area contributed by atoms with E-state index in [1.54, 1.807) is 11.1 Å². The molecule has 1 saturated heterocycles. The summed E-state index contributed by atoms with van der Waals surface area (Å²) in [6, 6.07) is 15.5. The average molecular weight is 586 g/mol. The molecule has 1 aliphatic heterocycles. The number of ether oxygens (including phenoxy) is 1. The third kappa shape index (κ3) is 7.02. The number of rotatable bonds is 9. The second-order valence-corrected chi connectivity index (χ2v) is 11.0. The Hall–Kier alpha value is -4.73. The molecule has 3 heterocycles. The molecule has 2 aromatic carbocycles. The predicted octanol–water partition coefficient (Wildman–Crippen LogP) is 5.21. The molecule has 0 aliphatic carbocycles. The van der Waals surface area contributed by atoms with Gasteiger partial charge in [-0.05, 0) is 62.2 Å². The molecule has 1 fully saturated rings. The summed E-state index contributed by atoms with van der Waals surface area (Å²) >= 11 is 0. The van der Waals surface area contributed by atoms with E-state index in [0.717, 1.165) is 39.9 Å². The summed E-state index contributed by atoms with van der Waals surface area (Å²) in [6.45, 7) is 5.01. The lowest BCUT2D eigenvalue weighted by atomic mass is 10.0. The summed E-state index contributed by atoms with van der Waals surface area (Å²) in [5.41, 5.74) is 5.01. The van der Waals surface area contributed by atoms with E-state index in [2.05, 4.69) is 15.5 Å². The zero-order valence-electron chi connectivity index (χ0n) is 24.9. The number of nitrogens with zero attached hydrogens (tertiary/aromatic N) is 4. The third-order valence-electron chi connectivity index (χ3n) is 7.68. The molecular weight excluding hydrogens is 549 g/mol. The molecule has 4 aromatic rings. The Morgan fingerprint density at radius 1 is 1.05 bits per heavy atom. The number of nitrogens with one attached hydrogen (secondary N) is 1. The quantitative estimate of drug-likeness (QED) is 0.288. The fraction of sp³-hybridized carbons (Fsp3) is 0.333. The van der Waals surface area contributed by atoms with Gasteiger partial charge in [-0.3, -0.25) is 9.59 Å². The van der Waals surface area contributed by atoms with Crippen LogP contribution in [0.5, 0.6) is 5.88 Å². The molecule has 0 unspecified atom stereocenters. The van der Waals surface area contributed by atoms with Crippen molar-refractivity contribution in [2.75, 3.05) is 38.6 Å². The molecule has 224 valence electrons. The van der Waals surface area contributed by atoms with E-state index < -0.39 is 11.7 Å². The minimum absolute atomic E-state index is 0.0360. The Balaban J connectivity index is 1.16. The van der Waals surface area contributed by atoms with Crippen molar-refractivity contribution in [2.24, 2.45) is 0 Å². The van der Waals surface area contributed by atoms with Crippen molar-refractivity contribution in [3.8, 4) is 17.0 Å². The first-order chi connectivity index (χ1) is 20.7. The maximum Gasteiger partial charge on any atom is 0.254 e. The minimum Gasteiger partial charge on any atom is -0.474 e. The molecule has 0 saturated carbocycles. The number of aromatic nitrogens is 2. The van der Waals surface area contributed by atoms with Gasteiger partial charge in [-0.15, -0.1) is 0 Å². The molecule has 43 heavy (non-hydrogen) atoms. The van der Waals surface area contributed by atoms with Crippen LogP contribution in [0.1, 0.15) is 50.6 Å². The number of likely N-dealkylation sites (tertiary alicyclic amines) is 1. The Morgan fingerprint density at radius 2 is 1.79 bits per heavy atom. The van der Waals surface area contributed by atoms with Gasteiger partial charge in [-0.1, -0.05) is 17.3 Å². The summed E-state index contributed by atoms with van der Waals surface area (Å²) in [4.78, 5) is 34.6. The fourth-order valence-electron chi connectivity index (χ4n) is 5.28. The van der Waals surface area contributed by atoms with Gasteiger partial charge in [-0.25, -0.2) is 9.37 Å². The molecule has 0 spiro atoms. The van der Waals surface area contributed by atoms with Crippen LogP contribution in [0.2, 0.25) is 0 Å². The van der Waals surface area contributed by atoms with Crippen LogP contribution in [0.15, 0.2) is 65.3 Å². The van der Waals surface area contributed by atoms with Gasteiger partial charge < -0.3 is 24.4 Å². The average Bonchev–Trinajstić information content (AvgIpc) is 3.35. The number of benzene rings is 2. The zero-order chi connectivity index (χ0) is 30.5. The van der Waals surface area contributed by atoms with E-state index in [1.165, 1.54) is 12.1 Å². The number of piperidine rings is 1. The normalized spacial score (nSPS) is 13.6. The molecule has 0 atom stereocenters. The molecule has 1 N–H and O–H groups in total. The number of hydrogen-bond donors (Lipinski definition) is 1. The second kappa shape index (κ2) is 13.1. The highest BCUT2D eigenvalue weighted by Crippen LogP contribution is 2.28. The van der Waals surface area contributed by atoms with Crippen LogP contribution in [0.3, 0.4) is 0 Å². The standard InChI is InChI=1S/C33H36FN5O4/c1-21-31(22(2)43-37-21)24-7-12-30(36-20-24)42-27-14-17-39(18-15-27)33(41)28-11-8-25(34)19-29(28)32(40)35-16-13-23-5-9-26(10-6-23)38(3)4/h5-12,19-20,27H,13-18H2,1-4H3,(H,35,40). The van der Waals surface area contributed by atoms with Crippen molar-refractivity contribution in [2.45, 2.75) is 39.2 Å². The van der Waals surface area contributed by atoms with Gasteiger partial charge in [0, 0.05) is 75.6 Å². The van der Waals surface area contributed by atoms with Crippen molar-refractivity contribution in [3.63, 3.8) is 0 Å². The highest BCUT2D eigenvalue weighted by Gasteiger charge is 2.28. The first kappa shape index (κ1) is 29.8. The van der Waals surface area contributed by atoms with Gasteiger partial charge in [-0.2, -0.15) is 0 Å². The Labute approximate surface area is 250 Å². The third-order valence-corrected chi connectivity index (χ3v) is 7.68. The van der Waals surface area contributed by atoms with E-state index in [-0.39, 0.29) is 23.1 Å². The molecule has 10 heteroatoms. The molecule has 0 radical (unpaired) electrons. The maximum atomic E-state index is 14.2. The Morgan fingerprint density at radius 3 is 2.42 bits per heavy atom. The van der Waals surface area contributed by atoms with E-state index in [1.807, 2.05) is 69.2 Å². The number of anilines is 1. The molecule has 5 rings (SSSR count). The lowest BCUT2D eigenvalue weighted by Crippen LogP contribution is -2.42. The lowest BCUT2D eigenvalue weighted by molar-refractivity contribution is 0.0584. The van der Waals surface area contributed by atoms with Crippen molar-refractivity contribution in [1.82, 2.24) is 20.4 Å². The SMILES string of the molecule is Cc1noc(C)c1-c1ccc(OC2CCN(C(=O)c3ccc(F)cc3C(=O)NCCc3ccc(N(C)C)cc3)CC2)nc1. The summed E-state index contributed by atoms with van der Waals surface area (Å²) < 4.78 is 25.5. The maximum absolute atomic E-state index is 14.2. The van der Waals surface area contributed by atoms with Gasteiger partial charge in [0.1, 0.15) is 17.7 Å².